The quantitative estimate of drug-likeness (QED) is 0.134. The fourth-order valence-electron chi connectivity index (χ4n) is 8.51. The molecule has 242 valence electrons. The Balaban J connectivity index is 1.37. The molecule has 0 saturated heterocycles. The number of benzene rings is 7. The number of aromatic nitrogens is 1. The standard InChI is InChI=1S/C47H39BFN/c1-28-23-30(3)45(31(4)24-28)48(46-32(5)25-29(2)26-33(46)6)36-19-15-34(16-20-36)41-27-42-44(39-12-8-7-11-38(39)41)40-13-9-10-14-43(40)50-47(42)35-17-21-37(49)22-18-35/h7-27H,1-6H3. The minimum absolute atomic E-state index is 0.110. The average molecular weight is 648 g/mol. The second-order valence-corrected chi connectivity index (χ2v) is 14.1. The first-order valence-electron chi connectivity index (χ1n) is 17.4. The molecular formula is C47H39BFN. The smallest absolute Gasteiger partial charge is 0.242 e. The Morgan fingerprint density at radius 2 is 0.980 bits per heavy atom. The van der Waals surface area contributed by atoms with Gasteiger partial charge in [0.15, 0.2) is 0 Å². The van der Waals surface area contributed by atoms with Gasteiger partial charge in [-0.15, -0.1) is 0 Å². The van der Waals surface area contributed by atoms with Gasteiger partial charge in [-0.2, -0.15) is 0 Å². The number of aryl methyl sites for hydroxylation is 6. The van der Waals surface area contributed by atoms with Crippen LogP contribution in [0.15, 0.2) is 127 Å². The summed E-state index contributed by atoms with van der Waals surface area (Å²) < 4.78 is 14.1. The molecule has 0 N–H and O–H groups in total. The maximum Gasteiger partial charge on any atom is 0.242 e. The van der Waals surface area contributed by atoms with Crippen LogP contribution in [-0.4, -0.2) is 11.7 Å². The number of rotatable bonds is 5. The van der Waals surface area contributed by atoms with Gasteiger partial charge in [0, 0.05) is 21.7 Å². The number of fused-ring (bicyclic) bond motifs is 5. The predicted octanol–water partition coefficient (Wildman–Crippen LogP) is 10.4. The molecule has 0 bridgehead atoms. The van der Waals surface area contributed by atoms with E-state index >= 15 is 0 Å². The van der Waals surface area contributed by atoms with Gasteiger partial charge in [-0.05, 0) is 99.8 Å². The van der Waals surface area contributed by atoms with E-state index in [1.165, 1.54) is 78.1 Å². The summed E-state index contributed by atoms with van der Waals surface area (Å²) in [7, 11) is 0. The van der Waals surface area contributed by atoms with Crippen molar-refractivity contribution in [1.29, 1.82) is 0 Å². The molecule has 0 unspecified atom stereocenters. The van der Waals surface area contributed by atoms with Crippen molar-refractivity contribution in [2.24, 2.45) is 0 Å². The predicted molar refractivity (Wildman–Crippen MR) is 214 cm³/mol. The molecule has 50 heavy (non-hydrogen) atoms. The van der Waals surface area contributed by atoms with E-state index in [9.17, 15) is 4.39 Å². The van der Waals surface area contributed by atoms with Crippen LogP contribution in [0.25, 0.3) is 54.8 Å². The van der Waals surface area contributed by atoms with Crippen molar-refractivity contribution in [2.45, 2.75) is 41.5 Å². The lowest BCUT2D eigenvalue weighted by Gasteiger charge is -2.25. The van der Waals surface area contributed by atoms with Crippen molar-refractivity contribution in [3.63, 3.8) is 0 Å². The molecule has 0 spiro atoms. The van der Waals surface area contributed by atoms with Gasteiger partial charge in [-0.1, -0.05) is 141 Å². The van der Waals surface area contributed by atoms with E-state index in [1.807, 2.05) is 18.2 Å². The normalized spacial score (nSPS) is 11.5. The first kappa shape index (κ1) is 31.7. The highest BCUT2D eigenvalue weighted by Crippen LogP contribution is 2.41. The van der Waals surface area contributed by atoms with E-state index in [0.717, 1.165) is 38.7 Å². The highest BCUT2D eigenvalue weighted by Gasteiger charge is 2.28. The second-order valence-electron chi connectivity index (χ2n) is 14.1. The van der Waals surface area contributed by atoms with Gasteiger partial charge in [-0.3, -0.25) is 0 Å². The summed E-state index contributed by atoms with van der Waals surface area (Å²) in [5.41, 5.74) is 16.9. The molecule has 0 aliphatic heterocycles. The van der Waals surface area contributed by atoms with E-state index < -0.39 is 0 Å². The highest BCUT2D eigenvalue weighted by molar-refractivity contribution is 6.96. The summed E-state index contributed by atoms with van der Waals surface area (Å²) in [6, 6.07) is 44.5. The summed E-state index contributed by atoms with van der Waals surface area (Å²) >= 11 is 0. The summed E-state index contributed by atoms with van der Waals surface area (Å²) in [6.45, 7) is 13.5. The van der Waals surface area contributed by atoms with Crippen LogP contribution in [0.1, 0.15) is 33.4 Å². The van der Waals surface area contributed by atoms with E-state index in [0.29, 0.717) is 0 Å². The average Bonchev–Trinajstić information content (AvgIpc) is 3.10. The number of para-hydroxylation sites is 1. The van der Waals surface area contributed by atoms with Crippen molar-refractivity contribution in [1.82, 2.24) is 4.98 Å². The van der Waals surface area contributed by atoms with Gasteiger partial charge >= 0.3 is 0 Å². The van der Waals surface area contributed by atoms with Crippen molar-refractivity contribution >= 4 is 55.5 Å². The maximum atomic E-state index is 14.1. The molecule has 0 saturated carbocycles. The molecule has 1 aromatic heterocycles. The topological polar surface area (TPSA) is 12.9 Å². The van der Waals surface area contributed by atoms with Crippen LogP contribution in [0.2, 0.25) is 0 Å². The zero-order valence-electron chi connectivity index (χ0n) is 29.5. The second kappa shape index (κ2) is 12.4. The molecule has 8 rings (SSSR count). The molecule has 0 aliphatic carbocycles. The van der Waals surface area contributed by atoms with Crippen molar-refractivity contribution in [3.8, 4) is 22.4 Å². The zero-order valence-corrected chi connectivity index (χ0v) is 29.5. The molecule has 0 aliphatic rings. The number of halogens is 1. The molecular weight excluding hydrogens is 608 g/mol. The number of hydrogen-bond acceptors (Lipinski definition) is 1. The molecule has 0 amide bonds. The van der Waals surface area contributed by atoms with Crippen LogP contribution in [0.4, 0.5) is 4.39 Å². The fraction of sp³-hybridized carbons (Fsp3) is 0.128. The third-order valence-corrected chi connectivity index (χ3v) is 10.4. The summed E-state index contributed by atoms with van der Waals surface area (Å²) in [4.78, 5) is 5.17. The van der Waals surface area contributed by atoms with Gasteiger partial charge in [0.1, 0.15) is 5.82 Å². The minimum atomic E-state index is -0.254. The lowest BCUT2D eigenvalue weighted by atomic mass is 9.34. The Bertz CT molecular complexity index is 2500. The summed E-state index contributed by atoms with van der Waals surface area (Å²) in [6.07, 6.45) is 0. The van der Waals surface area contributed by atoms with Crippen molar-refractivity contribution < 1.29 is 4.39 Å². The van der Waals surface area contributed by atoms with Crippen LogP contribution >= 0.6 is 0 Å². The largest absolute Gasteiger partial charge is 0.247 e. The van der Waals surface area contributed by atoms with E-state index in [-0.39, 0.29) is 12.5 Å². The molecule has 1 nitrogen and oxygen atoms in total. The zero-order chi connectivity index (χ0) is 34.7. The minimum Gasteiger partial charge on any atom is -0.247 e. The lowest BCUT2D eigenvalue weighted by molar-refractivity contribution is 0.628. The monoisotopic (exact) mass is 647 g/mol. The molecule has 0 radical (unpaired) electrons. The van der Waals surface area contributed by atoms with Crippen LogP contribution in [0, 0.1) is 47.4 Å². The Kier molecular flexibility index (Phi) is 7.87. The molecule has 7 aromatic carbocycles. The van der Waals surface area contributed by atoms with Gasteiger partial charge < -0.3 is 0 Å². The molecule has 1 heterocycles. The summed E-state index contributed by atoms with van der Waals surface area (Å²) in [5.74, 6) is -0.254. The molecule has 0 fully saturated rings. The fourth-order valence-corrected chi connectivity index (χ4v) is 8.51. The van der Waals surface area contributed by atoms with Crippen LogP contribution in [-0.2, 0) is 0 Å². The van der Waals surface area contributed by atoms with E-state index in [1.54, 1.807) is 0 Å². The molecule has 8 aromatic rings. The van der Waals surface area contributed by atoms with Crippen molar-refractivity contribution in [2.75, 3.05) is 0 Å². The van der Waals surface area contributed by atoms with Crippen molar-refractivity contribution in [3.05, 3.63) is 167 Å². The third-order valence-electron chi connectivity index (χ3n) is 10.4. The first-order chi connectivity index (χ1) is 24.2. The first-order valence-corrected chi connectivity index (χ1v) is 17.4. The number of nitrogens with zero attached hydrogens (tertiary/aromatic N) is 1. The molecule has 3 heteroatoms. The number of hydrogen-bond donors (Lipinski definition) is 0. The lowest BCUT2D eigenvalue weighted by Crippen LogP contribution is -2.55. The highest BCUT2D eigenvalue weighted by atomic mass is 19.1. The number of pyridine rings is 1. The maximum absolute atomic E-state index is 14.1. The van der Waals surface area contributed by atoms with Gasteiger partial charge in [0.2, 0.25) is 6.71 Å². The van der Waals surface area contributed by atoms with Crippen LogP contribution in [0.3, 0.4) is 0 Å². The SMILES string of the molecule is Cc1cc(C)c(B(c2ccc(-c3cc4c(-c5ccc(F)cc5)nc5ccccc5c4c4ccccc34)cc2)c2c(C)cc(C)cc2C)c(C)c1. The third kappa shape index (κ3) is 5.38. The van der Waals surface area contributed by atoms with Crippen LogP contribution in [0.5, 0.6) is 0 Å². The van der Waals surface area contributed by atoms with Gasteiger partial charge in [0.05, 0.1) is 11.2 Å². The van der Waals surface area contributed by atoms with E-state index in [4.69, 9.17) is 4.98 Å². The van der Waals surface area contributed by atoms with Gasteiger partial charge in [-0.25, -0.2) is 9.37 Å². The van der Waals surface area contributed by atoms with Gasteiger partial charge in [0.25, 0.3) is 0 Å². The Morgan fingerprint density at radius 1 is 0.480 bits per heavy atom. The van der Waals surface area contributed by atoms with E-state index in [2.05, 4.69) is 139 Å². The Morgan fingerprint density at radius 3 is 1.56 bits per heavy atom. The Labute approximate surface area is 294 Å². The molecule has 0 atom stereocenters. The Hall–Kier alpha value is -5.54. The summed E-state index contributed by atoms with van der Waals surface area (Å²) in [5, 5.41) is 5.72. The van der Waals surface area contributed by atoms with Crippen LogP contribution < -0.4 is 16.4 Å².